The second-order valence-electron chi connectivity index (χ2n) is 10.7. The van der Waals surface area contributed by atoms with Crippen LogP contribution < -0.4 is 5.32 Å². The van der Waals surface area contributed by atoms with Gasteiger partial charge in [0.05, 0.1) is 22.8 Å². The molecule has 0 radical (unpaired) electrons. The number of rotatable bonds is 6. The molecule has 1 aromatic carbocycles. The van der Waals surface area contributed by atoms with Crippen LogP contribution in [0.5, 0.6) is 0 Å². The maximum Gasteiger partial charge on any atom is 0.181 e. The second-order valence-corrected chi connectivity index (χ2v) is 10.7. The highest BCUT2D eigenvalue weighted by Gasteiger charge is 2.18. The molecule has 9 heteroatoms. The molecule has 8 nitrogen and oxygen atoms in total. The van der Waals surface area contributed by atoms with Crippen molar-refractivity contribution in [2.24, 2.45) is 5.41 Å². The van der Waals surface area contributed by atoms with E-state index in [0.717, 1.165) is 39.8 Å². The van der Waals surface area contributed by atoms with E-state index in [2.05, 4.69) is 62.8 Å². The number of imidazole rings is 1. The molecule has 0 unspecified atom stereocenters. The average molecular weight is 519 g/mol. The third-order valence-electron chi connectivity index (χ3n) is 6.31. The molecule has 0 aliphatic rings. The molecule has 0 amide bonds. The maximum atomic E-state index is 14.6. The summed E-state index contributed by atoms with van der Waals surface area (Å²) in [4.78, 5) is 21.5. The molecule has 6 rings (SSSR count). The minimum absolute atomic E-state index is 0.129. The van der Waals surface area contributed by atoms with Gasteiger partial charge < -0.3 is 10.3 Å². The highest BCUT2D eigenvalue weighted by molar-refractivity contribution is 5.96. The predicted octanol–water partition coefficient (Wildman–Crippen LogP) is 7.13. The zero-order chi connectivity index (χ0) is 27.1. The molecule has 5 aromatic heterocycles. The van der Waals surface area contributed by atoms with Crippen LogP contribution in [0, 0.1) is 11.2 Å². The highest BCUT2D eigenvalue weighted by atomic mass is 19.1. The molecule has 0 saturated carbocycles. The summed E-state index contributed by atoms with van der Waals surface area (Å²) in [6, 6.07) is 12.4. The minimum Gasteiger partial charge on any atom is -0.358 e. The number of benzene rings is 1. The number of hydrogen-bond donors (Lipinski definition) is 3. The molecule has 39 heavy (non-hydrogen) atoms. The van der Waals surface area contributed by atoms with E-state index in [0.29, 0.717) is 33.9 Å². The molecule has 0 bridgehead atoms. The number of aromatic amines is 2. The molecule has 0 spiro atoms. The first-order chi connectivity index (χ1) is 18.7. The third-order valence-corrected chi connectivity index (χ3v) is 6.31. The van der Waals surface area contributed by atoms with Gasteiger partial charge in [0.15, 0.2) is 11.5 Å². The van der Waals surface area contributed by atoms with E-state index >= 15 is 0 Å². The summed E-state index contributed by atoms with van der Waals surface area (Å²) in [7, 11) is 0. The Balaban J connectivity index is 1.37. The topological polar surface area (TPSA) is 108 Å². The molecule has 0 atom stereocenters. The number of aromatic nitrogens is 7. The predicted molar refractivity (Wildman–Crippen MR) is 152 cm³/mol. The lowest BCUT2D eigenvalue weighted by molar-refractivity contribution is 0.411. The van der Waals surface area contributed by atoms with Gasteiger partial charge in [-0.1, -0.05) is 39.5 Å². The van der Waals surface area contributed by atoms with Crippen molar-refractivity contribution in [1.29, 1.82) is 0 Å². The number of fused-ring (bicyclic) bond motifs is 2. The minimum atomic E-state index is -0.352. The van der Waals surface area contributed by atoms with E-state index in [1.54, 1.807) is 43.0 Å². The standard InChI is InChI=1S/C30H27FN8/c1-17(13-30(2,3)4)35-20-11-18(14-32-16-20)19-12-22-26(38-39-28(22)34-15-19)29-36-24-9-10-33-25(27(24)37-29)21-7-5-6-8-23(21)31/h5-12,14-16,35H,1,13H2,2-4H3,(H,36,37)(H,34,38,39). The Morgan fingerprint density at radius 1 is 1.03 bits per heavy atom. The largest absolute Gasteiger partial charge is 0.358 e. The van der Waals surface area contributed by atoms with Gasteiger partial charge in [0, 0.05) is 41.0 Å². The van der Waals surface area contributed by atoms with Crippen molar-refractivity contribution < 1.29 is 4.39 Å². The van der Waals surface area contributed by atoms with E-state index in [-0.39, 0.29) is 11.2 Å². The Kier molecular flexibility index (Phi) is 5.91. The fourth-order valence-electron chi connectivity index (χ4n) is 4.70. The smallest absolute Gasteiger partial charge is 0.181 e. The van der Waals surface area contributed by atoms with Gasteiger partial charge in [-0.15, -0.1) is 0 Å². The van der Waals surface area contributed by atoms with Crippen molar-refractivity contribution >= 4 is 27.8 Å². The lowest BCUT2D eigenvalue weighted by atomic mass is 9.91. The lowest BCUT2D eigenvalue weighted by Crippen LogP contribution is -2.10. The van der Waals surface area contributed by atoms with E-state index in [4.69, 9.17) is 4.98 Å². The summed E-state index contributed by atoms with van der Waals surface area (Å²) in [5, 5.41) is 11.6. The molecule has 6 aromatic rings. The molecule has 0 saturated heterocycles. The van der Waals surface area contributed by atoms with Crippen molar-refractivity contribution in [3.8, 4) is 33.9 Å². The SMILES string of the molecule is C=C(CC(C)(C)C)Nc1cncc(-c2cnc3n[nH]c(-c4nc5c(-c6ccccc6F)nccc5[nH]4)c3c2)c1. The van der Waals surface area contributed by atoms with Crippen LogP contribution in [0.25, 0.3) is 56.0 Å². The van der Waals surface area contributed by atoms with Gasteiger partial charge in [-0.25, -0.2) is 14.4 Å². The first-order valence-corrected chi connectivity index (χ1v) is 12.6. The number of halogens is 1. The summed E-state index contributed by atoms with van der Waals surface area (Å²) >= 11 is 0. The van der Waals surface area contributed by atoms with E-state index in [9.17, 15) is 4.39 Å². The monoisotopic (exact) mass is 518 g/mol. The van der Waals surface area contributed by atoms with E-state index in [1.165, 1.54) is 6.07 Å². The van der Waals surface area contributed by atoms with Gasteiger partial charge in [-0.3, -0.25) is 15.1 Å². The molecule has 194 valence electrons. The van der Waals surface area contributed by atoms with Gasteiger partial charge in [-0.2, -0.15) is 5.10 Å². The summed E-state index contributed by atoms with van der Waals surface area (Å²) in [6.45, 7) is 10.7. The molecule has 0 aliphatic heterocycles. The van der Waals surface area contributed by atoms with Gasteiger partial charge in [0.1, 0.15) is 22.7 Å². The van der Waals surface area contributed by atoms with Gasteiger partial charge in [-0.05, 0) is 42.2 Å². The molecular formula is C30H27FN8. The number of hydrogen-bond acceptors (Lipinski definition) is 6. The normalized spacial score (nSPS) is 11.8. The number of allylic oxidation sites excluding steroid dienone is 1. The van der Waals surface area contributed by atoms with Crippen molar-refractivity contribution in [1.82, 2.24) is 35.1 Å². The van der Waals surface area contributed by atoms with Crippen LogP contribution in [0.15, 0.2) is 79.5 Å². The number of nitrogens with one attached hydrogen (secondary N) is 3. The highest BCUT2D eigenvalue weighted by Crippen LogP contribution is 2.33. The maximum absolute atomic E-state index is 14.6. The zero-order valence-corrected chi connectivity index (χ0v) is 21.9. The third kappa shape index (κ3) is 4.86. The Morgan fingerprint density at radius 2 is 1.85 bits per heavy atom. The van der Waals surface area contributed by atoms with Crippen molar-refractivity contribution in [2.45, 2.75) is 27.2 Å². The molecule has 5 heterocycles. The van der Waals surface area contributed by atoms with E-state index in [1.807, 2.05) is 18.2 Å². The Labute approximate surface area is 224 Å². The first kappa shape index (κ1) is 24.4. The molecule has 3 N–H and O–H groups in total. The van der Waals surface area contributed by atoms with Crippen molar-refractivity contribution in [3.63, 3.8) is 0 Å². The van der Waals surface area contributed by atoms with Crippen LogP contribution in [0.1, 0.15) is 27.2 Å². The molecule has 0 fully saturated rings. The van der Waals surface area contributed by atoms with Crippen LogP contribution in [0.4, 0.5) is 10.1 Å². The number of nitrogens with zero attached hydrogens (tertiary/aromatic N) is 5. The quantitative estimate of drug-likeness (QED) is 0.217. The van der Waals surface area contributed by atoms with Crippen molar-refractivity contribution in [2.75, 3.05) is 5.32 Å². The second kappa shape index (κ2) is 9.43. The molecular weight excluding hydrogens is 491 g/mol. The number of anilines is 1. The van der Waals surface area contributed by atoms with Gasteiger partial charge in [0.25, 0.3) is 0 Å². The Bertz CT molecular complexity index is 1840. The fourth-order valence-corrected chi connectivity index (χ4v) is 4.70. The van der Waals surface area contributed by atoms with Crippen LogP contribution >= 0.6 is 0 Å². The zero-order valence-electron chi connectivity index (χ0n) is 21.9. The van der Waals surface area contributed by atoms with Crippen molar-refractivity contribution in [3.05, 3.63) is 85.3 Å². The Morgan fingerprint density at radius 3 is 2.67 bits per heavy atom. The van der Waals surface area contributed by atoms with Crippen LogP contribution in [0.2, 0.25) is 0 Å². The average Bonchev–Trinajstić information content (AvgIpc) is 3.51. The Hall–Kier alpha value is -4.92. The summed E-state index contributed by atoms with van der Waals surface area (Å²) in [5.74, 6) is 0.208. The van der Waals surface area contributed by atoms with Crippen LogP contribution in [-0.2, 0) is 0 Å². The summed E-state index contributed by atoms with van der Waals surface area (Å²) in [5.41, 5.74) is 7.12. The van der Waals surface area contributed by atoms with E-state index < -0.39 is 0 Å². The molecule has 0 aliphatic carbocycles. The number of H-pyrrole nitrogens is 2. The fraction of sp³-hybridized carbons (Fsp3) is 0.167. The number of pyridine rings is 3. The van der Waals surface area contributed by atoms with Gasteiger partial charge >= 0.3 is 0 Å². The van der Waals surface area contributed by atoms with Crippen LogP contribution in [-0.4, -0.2) is 35.1 Å². The summed E-state index contributed by atoms with van der Waals surface area (Å²) in [6.07, 6.45) is 7.84. The first-order valence-electron chi connectivity index (χ1n) is 12.6. The van der Waals surface area contributed by atoms with Gasteiger partial charge in [0.2, 0.25) is 0 Å². The van der Waals surface area contributed by atoms with Crippen LogP contribution in [0.3, 0.4) is 0 Å². The lowest BCUT2D eigenvalue weighted by Gasteiger charge is -2.20. The summed E-state index contributed by atoms with van der Waals surface area (Å²) < 4.78 is 14.6.